The number of rotatable bonds is 6. The Morgan fingerprint density at radius 1 is 0.974 bits per heavy atom. The lowest BCUT2D eigenvalue weighted by Crippen LogP contribution is -2.54. The molecule has 0 saturated carbocycles. The number of anilines is 1. The topological polar surface area (TPSA) is 108 Å². The van der Waals surface area contributed by atoms with E-state index in [0.717, 1.165) is 24.9 Å². The second-order valence-electron chi connectivity index (χ2n) is 10.4. The average Bonchev–Trinajstić information content (AvgIpc) is 3.45. The summed E-state index contributed by atoms with van der Waals surface area (Å²) >= 11 is 0. The van der Waals surface area contributed by atoms with Gasteiger partial charge in [-0.3, -0.25) is 9.59 Å². The maximum Gasteiger partial charge on any atom is 0.255 e. The summed E-state index contributed by atoms with van der Waals surface area (Å²) < 4.78 is 30.1. The monoisotopic (exact) mass is 534 g/mol. The van der Waals surface area contributed by atoms with Crippen LogP contribution in [0.25, 0.3) is 10.8 Å². The SMILES string of the molecule is Cc1ccccc1C(=O)Nc1ccc(S(=O)(=O)N[C@H]2CCN(C(=O)[C@@H]3CCCN3)C[C@@H]2C)c2ccccc12. The Morgan fingerprint density at radius 3 is 2.42 bits per heavy atom. The minimum absolute atomic E-state index is 0.0252. The zero-order chi connectivity index (χ0) is 26.9. The first-order valence-electron chi connectivity index (χ1n) is 13.2. The van der Waals surface area contributed by atoms with Gasteiger partial charge in [0.2, 0.25) is 15.9 Å². The number of benzene rings is 3. The van der Waals surface area contributed by atoms with Crippen LogP contribution in [0.15, 0.2) is 65.6 Å². The van der Waals surface area contributed by atoms with Gasteiger partial charge in [-0.15, -0.1) is 0 Å². The molecule has 2 saturated heterocycles. The van der Waals surface area contributed by atoms with E-state index in [1.807, 2.05) is 49.1 Å². The summed E-state index contributed by atoms with van der Waals surface area (Å²) in [7, 11) is -3.86. The normalized spacial score (nSPS) is 21.9. The van der Waals surface area contributed by atoms with Gasteiger partial charge in [0.1, 0.15) is 0 Å². The lowest BCUT2D eigenvalue weighted by atomic mass is 9.94. The van der Waals surface area contributed by atoms with Crippen LogP contribution in [0.5, 0.6) is 0 Å². The van der Waals surface area contributed by atoms with Crippen LogP contribution in [0.2, 0.25) is 0 Å². The molecule has 38 heavy (non-hydrogen) atoms. The maximum atomic E-state index is 13.6. The lowest BCUT2D eigenvalue weighted by Gasteiger charge is -2.38. The number of carbonyl (C=O) groups excluding carboxylic acids is 2. The standard InChI is InChI=1S/C29H34N4O4S/c1-19-8-3-4-9-21(19)28(34)31-25-13-14-27(23-11-6-5-10-22(23)25)38(36,37)32-24-15-17-33(18-20(24)2)29(35)26-12-7-16-30-26/h3-6,8-11,13-14,20,24,26,30,32H,7,12,15-18H2,1-2H3,(H,31,34)/t20-,24-,26-/m0/s1. The first-order valence-corrected chi connectivity index (χ1v) is 14.7. The molecule has 0 aromatic heterocycles. The van der Waals surface area contributed by atoms with Crippen molar-refractivity contribution >= 4 is 38.3 Å². The van der Waals surface area contributed by atoms with Gasteiger partial charge in [-0.25, -0.2) is 13.1 Å². The number of sulfonamides is 1. The Labute approximate surface area is 223 Å². The summed E-state index contributed by atoms with van der Waals surface area (Å²) in [6, 6.07) is 17.3. The fraction of sp³-hybridized carbons (Fsp3) is 0.379. The van der Waals surface area contributed by atoms with Crippen molar-refractivity contribution in [3.63, 3.8) is 0 Å². The van der Waals surface area contributed by atoms with Crippen molar-refractivity contribution in [1.29, 1.82) is 0 Å². The number of aryl methyl sites for hydroxylation is 1. The summed E-state index contributed by atoms with van der Waals surface area (Å²) in [6.07, 6.45) is 2.42. The van der Waals surface area contributed by atoms with Gasteiger partial charge >= 0.3 is 0 Å². The van der Waals surface area contributed by atoms with Crippen molar-refractivity contribution in [3.05, 3.63) is 71.8 Å². The Balaban J connectivity index is 1.34. The van der Waals surface area contributed by atoms with E-state index in [2.05, 4.69) is 15.4 Å². The van der Waals surface area contributed by atoms with Gasteiger partial charge in [0.25, 0.3) is 5.91 Å². The molecule has 3 N–H and O–H groups in total. The zero-order valence-corrected chi connectivity index (χ0v) is 22.6. The molecule has 2 aliphatic rings. The lowest BCUT2D eigenvalue weighted by molar-refractivity contribution is -0.135. The third kappa shape index (κ3) is 5.32. The molecule has 0 unspecified atom stereocenters. The number of likely N-dealkylation sites (tertiary alicyclic amines) is 1. The van der Waals surface area contributed by atoms with Gasteiger partial charge in [-0.2, -0.15) is 0 Å². The number of piperidine rings is 1. The molecule has 2 fully saturated rings. The molecular weight excluding hydrogens is 500 g/mol. The zero-order valence-electron chi connectivity index (χ0n) is 21.7. The number of fused-ring (bicyclic) bond motifs is 1. The van der Waals surface area contributed by atoms with Gasteiger partial charge in [0.05, 0.1) is 10.9 Å². The quantitative estimate of drug-likeness (QED) is 0.447. The van der Waals surface area contributed by atoms with Crippen LogP contribution in [-0.4, -0.2) is 56.9 Å². The molecule has 8 nitrogen and oxygen atoms in total. The molecule has 2 heterocycles. The smallest absolute Gasteiger partial charge is 0.255 e. The number of hydrogen-bond donors (Lipinski definition) is 3. The predicted octanol–water partition coefficient (Wildman–Crippen LogP) is 3.67. The Bertz CT molecular complexity index is 1470. The Hall–Kier alpha value is -3.27. The van der Waals surface area contributed by atoms with Gasteiger partial charge in [-0.05, 0) is 62.4 Å². The van der Waals surface area contributed by atoms with Crippen molar-refractivity contribution in [3.8, 4) is 0 Å². The average molecular weight is 535 g/mol. The summed E-state index contributed by atoms with van der Waals surface area (Å²) in [6.45, 7) is 5.77. The molecule has 200 valence electrons. The van der Waals surface area contributed by atoms with E-state index in [-0.39, 0.29) is 34.7 Å². The Morgan fingerprint density at radius 2 is 1.71 bits per heavy atom. The highest BCUT2D eigenvalue weighted by molar-refractivity contribution is 7.89. The van der Waals surface area contributed by atoms with Crippen LogP contribution >= 0.6 is 0 Å². The van der Waals surface area contributed by atoms with Gasteiger partial charge < -0.3 is 15.5 Å². The van der Waals surface area contributed by atoms with E-state index in [9.17, 15) is 18.0 Å². The molecule has 5 rings (SSSR count). The fourth-order valence-electron chi connectivity index (χ4n) is 5.53. The molecule has 0 aliphatic carbocycles. The van der Waals surface area contributed by atoms with Crippen molar-refractivity contribution in [2.24, 2.45) is 5.92 Å². The minimum Gasteiger partial charge on any atom is -0.341 e. The van der Waals surface area contributed by atoms with Crippen LogP contribution in [0.4, 0.5) is 5.69 Å². The molecule has 0 spiro atoms. The van der Waals surface area contributed by atoms with E-state index in [1.54, 1.807) is 30.3 Å². The highest BCUT2D eigenvalue weighted by Crippen LogP contribution is 2.31. The van der Waals surface area contributed by atoms with Crippen LogP contribution in [0, 0.1) is 12.8 Å². The first-order chi connectivity index (χ1) is 18.2. The summed E-state index contributed by atoms with van der Waals surface area (Å²) in [4.78, 5) is 27.8. The molecular formula is C29H34N4O4S. The van der Waals surface area contributed by atoms with E-state index in [1.165, 1.54) is 0 Å². The van der Waals surface area contributed by atoms with E-state index in [4.69, 9.17) is 0 Å². The summed E-state index contributed by atoms with van der Waals surface area (Å²) in [5.41, 5.74) is 1.98. The second kappa shape index (κ2) is 10.8. The first kappa shape index (κ1) is 26.3. The van der Waals surface area contributed by atoms with Gasteiger partial charge in [-0.1, -0.05) is 49.4 Å². The summed E-state index contributed by atoms with van der Waals surface area (Å²) in [5.74, 6) is -0.155. The van der Waals surface area contributed by atoms with E-state index < -0.39 is 10.0 Å². The van der Waals surface area contributed by atoms with E-state index >= 15 is 0 Å². The number of hydrogen-bond acceptors (Lipinski definition) is 5. The third-order valence-electron chi connectivity index (χ3n) is 7.69. The van der Waals surface area contributed by atoms with Crippen molar-refractivity contribution in [2.75, 3.05) is 25.0 Å². The number of amides is 2. The fourth-order valence-corrected chi connectivity index (χ4v) is 7.12. The molecule has 2 aliphatic heterocycles. The third-order valence-corrected chi connectivity index (χ3v) is 9.24. The van der Waals surface area contributed by atoms with Crippen LogP contribution in [-0.2, 0) is 14.8 Å². The molecule has 3 aromatic carbocycles. The Kier molecular flexibility index (Phi) is 7.52. The molecule has 0 bridgehead atoms. The van der Waals surface area contributed by atoms with Gasteiger partial charge in [0, 0.05) is 41.2 Å². The van der Waals surface area contributed by atoms with Crippen LogP contribution in [0.3, 0.4) is 0 Å². The molecule has 3 atom stereocenters. The largest absolute Gasteiger partial charge is 0.341 e. The highest BCUT2D eigenvalue weighted by Gasteiger charge is 2.35. The van der Waals surface area contributed by atoms with Crippen molar-refractivity contribution in [2.45, 2.75) is 50.1 Å². The van der Waals surface area contributed by atoms with Crippen LogP contribution in [0.1, 0.15) is 42.1 Å². The van der Waals surface area contributed by atoms with Crippen molar-refractivity contribution in [1.82, 2.24) is 14.9 Å². The number of nitrogens with one attached hydrogen (secondary N) is 3. The summed E-state index contributed by atoms with van der Waals surface area (Å²) in [5, 5.41) is 7.39. The predicted molar refractivity (Wildman–Crippen MR) is 149 cm³/mol. The van der Waals surface area contributed by atoms with E-state index in [0.29, 0.717) is 41.5 Å². The molecule has 0 radical (unpaired) electrons. The number of nitrogens with zero attached hydrogens (tertiary/aromatic N) is 1. The van der Waals surface area contributed by atoms with Crippen LogP contribution < -0.4 is 15.4 Å². The highest BCUT2D eigenvalue weighted by atomic mass is 32.2. The number of carbonyl (C=O) groups is 2. The van der Waals surface area contributed by atoms with Gasteiger partial charge in [0.15, 0.2) is 0 Å². The minimum atomic E-state index is -3.86. The molecule has 9 heteroatoms. The second-order valence-corrected chi connectivity index (χ2v) is 12.0. The maximum absolute atomic E-state index is 13.6. The van der Waals surface area contributed by atoms with Crippen molar-refractivity contribution < 1.29 is 18.0 Å². The molecule has 3 aromatic rings. The molecule has 2 amide bonds.